The number of nitrogens with zero attached hydrogens (tertiary/aromatic N) is 1. The first kappa shape index (κ1) is 16.7. The van der Waals surface area contributed by atoms with E-state index < -0.39 is 0 Å². The number of nitrogens with one attached hydrogen (secondary N) is 2. The summed E-state index contributed by atoms with van der Waals surface area (Å²) >= 11 is 17.3. The molecule has 2 rings (SSSR count). The second-order valence-corrected chi connectivity index (χ2v) is 5.95. The Balaban J connectivity index is 2.04. The topological polar surface area (TPSA) is 36.4 Å². The molecule has 6 heteroatoms. The van der Waals surface area contributed by atoms with Gasteiger partial charge in [0.2, 0.25) is 0 Å². The van der Waals surface area contributed by atoms with Gasteiger partial charge in [-0.2, -0.15) is 5.10 Å². The third kappa shape index (κ3) is 4.44. The van der Waals surface area contributed by atoms with Gasteiger partial charge in [0.05, 0.1) is 10.7 Å². The molecule has 0 heterocycles. The minimum Gasteiger partial charge on any atom is -0.331 e. The molecule has 0 aliphatic carbocycles. The number of hydrogen-bond donors (Lipinski definition) is 2. The van der Waals surface area contributed by atoms with E-state index in [4.69, 9.17) is 35.4 Å². The smallest absolute Gasteiger partial charge is 0.191 e. The number of anilines is 1. The molecule has 0 bridgehead atoms. The minimum atomic E-state index is 0.415. The van der Waals surface area contributed by atoms with Crippen LogP contribution >= 0.6 is 35.4 Å². The van der Waals surface area contributed by atoms with Crippen LogP contribution in [0.5, 0.6) is 0 Å². The van der Waals surface area contributed by atoms with Crippen LogP contribution in [0.2, 0.25) is 10.0 Å². The molecular formula is C16H15Cl2N3S. The van der Waals surface area contributed by atoms with Gasteiger partial charge in [0.15, 0.2) is 5.11 Å². The Morgan fingerprint density at radius 2 is 1.86 bits per heavy atom. The average molecular weight is 352 g/mol. The zero-order valence-corrected chi connectivity index (χ0v) is 14.5. The molecule has 0 amide bonds. The van der Waals surface area contributed by atoms with Crippen LogP contribution < -0.4 is 10.7 Å². The third-order valence-electron chi connectivity index (χ3n) is 3.04. The Hall–Kier alpha value is -1.62. The van der Waals surface area contributed by atoms with Crippen LogP contribution in [-0.2, 0) is 0 Å². The van der Waals surface area contributed by atoms with Gasteiger partial charge in [-0.15, -0.1) is 0 Å². The molecular weight excluding hydrogens is 337 g/mol. The SMILES string of the molecule is C/C(=N/NC(=S)Nc1ccccc1C)c1ccc(Cl)cc1Cl. The Labute approximate surface area is 145 Å². The summed E-state index contributed by atoms with van der Waals surface area (Å²) < 4.78 is 0. The van der Waals surface area contributed by atoms with E-state index in [1.54, 1.807) is 12.1 Å². The van der Waals surface area contributed by atoms with E-state index in [9.17, 15) is 0 Å². The predicted octanol–water partition coefficient (Wildman–Crippen LogP) is 5.01. The highest BCUT2D eigenvalue weighted by Crippen LogP contribution is 2.21. The van der Waals surface area contributed by atoms with Crippen LogP contribution in [-0.4, -0.2) is 10.8 Å². The van der Waals surface area contributed by atoms with E-state index in [2.05, 4.69) is 15.8 Å². The lowest BCUT2D eigenvalue weighted by Crippen LogP contribution is -2.25. The highest BCUT2D eigenvalue weighted by atomic mass is 35.5. The number of thiocarbonyl (C=S) groups is 1. The summed E-state index contributed by atoms with van der Waals surface area (Å²) in [5.41, 5.74) is 6.38. The molecule has 2 aromatic rings. The molecule has 0 aromatic heterocycles. The van der Waals surface area contributed by atoms with Crippen molar-refractivity contribution in [2.24, 2.45) is 5.10 Å². The van der Waals surface area contributed by atoms with Crippen molar-refractivity contribution in [3.05, 3.63) is 63.6 Å². The van der Waals surface area contributed by atoms with Crippen LogP contribution in [0.25, 0.3) is 0 Å². The fraction of sp³-hybridized carbons (Fsp3) is 0.125. The number of hydrazone groups is 1. The van der Waals surface area contributed by atoms with Gasteiger partial charge in [0.25, 0.3) is 0 Å². The molecule has 0 atom stereocenters. The van der Waals surface area contributed by atoms with E-state index in [1.165, 1.54) is 0 Å². The number of para-hydroxylation sites is 1. The van der Waals surface area contributed by atoms with E-state index in [0.29, 0.717) is 15.2 Å². The van der Waals surface area contributed by atoms with Gasteiger partial charge < -0.3 is 5.32 Å². The summed E-state index contributed by atoms with van der Waals surface area (Å²) in [7, 11) is 0. The zero-order valence-electron chi connectivity index (χ0n) is 12.2. The van der Waals surface area contributed by atoms with Crippen LogP contribution in [0.3, 0.4) is 0 Å². The lowest BCUT2D eigenvalue weighted by molar-refractivity contribution is 1.04. The Bertz CT molecular complexity index is 729. The normalized spacial score (nSPS) is 11.2. The summed E-state index contributed by atoms with van der Waals surface area (Å²) in [6.07, 6.45) is 0. The lowest BCUT2D eigenvalue weighted by atomic mass is 10.1. The minimum absolute atomic E-state index is 0.415. The van der Waals surface area contributed by atoms with E-state index in [-0.39, 0.29) is 0 Å². The van der Waals surface area contributed by atoms with Crippen molar-refractivity contribution < 1.29 is 0 Å². The standard InChI is InChI=1S/C16H15Cl2N3S/c1-10-5-3-4-6-15(10)19-16(22)21-20-11(2)13-8-7-12(17)9-14(13)18/h3-9H,1-2H3,(H2,19,21,22)/b20-11-. The Morgan fingerprint density at radius 1 is 1.14 bits per heavy atom. The number of benzene rings is 2. The van der Waals surface area contributed by atoms with Crippen molar-refractivity contribution >= 4 is 51.9 Å². The molecule has 0 saturated heterocycles. The van der Waals surface area contributed by atoms with Crippen LogP contribution in [0.15, 0.2) is 47.6 Å². The molecule has 0 radical (unpaired) electrons. The van der Waals surface area contributed by atoms with Gasteiger partial charge in [0, 0.05) is 16.3 Å². The van der Waals surface area contributed by atoms with Gasteiger partial charge in [-0.3, -0.25) is 5.43 Å². The van der Waals surface area contributed by atoms with Crippen LogP contribution in [0.1, 0.15) is 18.1 Å². The molecule has 2 aromatic carbocycles. The molecule has 0 unspecified atom stereocenters. The number of halogens is 2. The molecule has 0 fully saturated rings. The zero-order chi connectivity index (χ0) is 16.1. The first-order valence-electron chi connectivity index (χ1n) is 6.59. The fourth-order valence-electron chi connectivity index (χ4n) is 1.84. The van der Waals surface area contributed by atoms with Gasteiger partial charge >= 0.3 is 0 Å². The average Bonchev–Trinajstić information content (AvgIpc) is 2.47. The highest BCUT2D eigenvalue weighted by Gasteiger charge is 2.05. The summed E-state index contributed by atoms with van der Waals surface area (Å²) in [4.78, 5) is 0. The van der Waals surface area contributed by atoms with Crippen LogP contribution in [0, 0.1) is 6.92 Å². The molecule has 114 valence electrons. The first-order chi connectivity index (χ1) is 10.5. The van der Waals surface area contributed by atoms with Gasteiger partial charge in [-0.1, -0.05) is 47.5 Å². The summed E-state index contributed by atoms with van der Waals surface area (Å²) in [5.74, 6) is 0. The third-order valence-corrected chi connectivity index (χ3v) is 3.78. The first-order valence-corrected chi connectivity index (χ1v) is 7.76. The number of rotatable bonds is 3. The summed E-state index contributed by atoms with van der Waals surface area (Å²) in [5, 5.41) is 8.90. The lowest BCUT2D eigenvalue weighted by Gasteiger charge is -2.10. The molecule has 0 aliphatic rings. The van der Waals surface area contributed by atoms with Crippen molar-refractivity contribution in [2.45, 2.75) is 13.8 Å². The molecule has 0 aliphatic heterocycles. The second kappa shape index (κ2) is 7.58. The van der Waals surface area contributed by atoms with Gasteiger partial charge in [-0.05, 0) is 49.8 Å². The predicted molar refractivity (Wildman–Crippen MR) is 99.2 cm³/mol. The van der Waals surface area contributed by atoms with E-state index >= 15 is 0 Å². The van der Waals surface area contributed by atoms with Crippen molar-refractivity contribution in [3.63, 3.8) is 0 Å². The quantitative estimate of drug-likeness (QED) is 0.463. The maximum absolute atomic E-state index is 6.15. The maximum Gasteiger partial charge on any atom is 0.191 e. The largest absolute Gasteiger partial charge is 0.331 e. The molecule has 2 N–H and O–H groups in total. The number of aryl methyl sites for hydroxylation is 1. The second-order valence-electron chi connectivity index (χ2n) is 4.70. The van der Waals surface area contributed by atoms with Gasteiger partial charge in [0.1, 0.15) is 0 Å². The van der Waals surface area contributed by atoms with Crippen molar-refractivity contribution in [1.82, 2.24) is 5.43 Å². The van der Waals surface area contributed by atoms with Crippen molar-refractivity contribution in [3.8, 4) is 0 Å². The summed E-state index contributed by atoms with van der Waals surface area (Å²) in [6.45, 7) is 3.85. The van der Waals surface area contributed by atoms with Gasteiger partial charge in [-0.25, -0.2) is 0 Å². The Kier molecular flexibility index (Phi) is 5.77. The molecule has 3 nitrogen and oxygen atoms in total. The molecule has 0 saturated carbocycles. The molecule has 22 heavy (non-hydrogen) atoms. The highest BCUT2D eigenvalue weighted by molar-refractivity contribution is 7.80. The Morgan fingerprint density at radius 3 is 2.55 bits per heavy atom. The maximum atomic E-state index is 6.15. The van der Waals surface area contributed by atoms with Crippen LogP contribution in [0.4, 0.5) is 5.69 Å². The summed E-state index contributed by atoms with van der Waals surface area (Å²) in [6, 6.07) is 13.2. The fourth-order valence-corrected chi connectivity index (χ4v) is 2.54. The van der Waals surface area contributed by atoms with E-state index in [0.717, 1.165) is 22.5 Å². The number of hydrogen-bond acceptors (Lipinski definition) is 2. The molecule has 0 spiro atoms. The van der Waals surface area contributed by atoms with E-state index in [1.807, 2.05) is 44.2 Å². The van der Waals surface area contributed by atoms with Crippen molar-refractivity contribution in [2.75, 3.05) is 5.32 Å². The van der Waals surface area contributed by atoms with Crippen molar-refractivity contribution in [1.29, 1.82) is 0 Å². The monoisotopic (exact) mass is 351 g/mol.